The lowest BCUT2D eigenvalue weighted by Gasteiger charge is -2.19. The lowest BCUT2D eigenvalue weighted by Crippen LogP contribution is -2.34. The third-order valence-electron chi connectivity index (χ3n) is 2.63. The van der Waals surface area contributed by atoms with Crippen LogP contribution in [0.3, 0.4) is 0 Å². The van der Waals surface area contributed by atoms with Crippen molar-refractivity contribution in [1.82, 2.24) is 5.32 Å². The van der Waals surface area contributed by atoms with Gasteiger partial charge in [0, 0.05) is 19.2 Å². The third-order valence-corrected chi connectivity index (χ3v) is 2.63. The van der Waals surface area contributed by atoms with Crippen molar-refractivity contribution in [2.45, 2.75) is 58.6 Å². The van der Waals surface area contributed by atoms with E-state index >= 15 is 0 Å². The quantitative estimate of drug-likeness (QED) is 0.444. The fraction of sp³-hybridized carbons (Fsp3) is 0.846. The van der Waals surface area contributed by atoms with Gasteiger partial charge in [0.15, 0.2) is 0 Å². The standard InChI is InChI=1S/C13H27NO/c1-5-8-9-10-15-12(4)11-14-13(6-2)7-3/h5,12-14H,1,6-11H2,2-4H3. The van der Waals surface area contributed by atoms with Crippen LogP contribution in [0.1, 0.15) is 46.5 Å². The Morgan fingerprint density at radius 3 is 2.53 bits per heavy atom. The lowest BCUT2D eigenvalue weighted by molar-refractivity contribution is 0.0625. The normalized spacial score (nSPS) is 13.1. The molecule has 1 unspecified atom stereocenters. The summed E-state index contributed by atoms with van der Waals surface area (Å²) in [6, 6.07) is 0.643. The first-order chi connectivity index (χ1) is 7.24. The molecule has 0 saturated heterocycles. The summed E-state index contributed by atoms with van der Waals surface area (Å²) in [5, 5.41) is 3.51. The number of rotatable bonds is 10. The Hall–Kier alpha value is -0.340. The maximum atomic E-state index is 5.67. The van der Waals surface area contributed by atoms with Gasteiger partial charge in [0.2, 0.25) is 0 Å². The predicted octanol–water partition coefficient (Wildman–Crippen LogP) is 3.14. The maximum absolute atomic E-state index is 5.67. The summed E-state index contributed by atoms with van der Waals surface area (Å²) in [5.74, 6) is 0. The molecule has 0 aliphatic heterocycles. The zero-order valence-corrected chi connectivity index (χ0v) is 10.6. The molecule has 1 N–H and O–H groups in total. The Bertz CT molecular complexity index is 143. The molecule has 15 heavy (non-hydrogen) atoms. The van der Waals surface area contributed by atoms with Crippen LogP contribution in [0.5, 0.6) is 0 Å². The zero-order chi connectivity index (χ0) is 11.5. The largest absolute Gasteiger partial charge is 0.377 e. The van der Waals surface area contributed by atoms with Crippen LogP contribution in [0.2, 0.25) is 0 Å². The number of hydrogen-bond donors (Lipinski definition) is 1. The summed E-state index contributed by atoms with van der Waals surface area (Å²) in [7, 11) is 0. The molecular weight excluding hydrogens is 186 g/mol. The molecule has 0 aromatic heterocycles. The van der Waals surface area contributed by atoms with Gasteiger partial charge in [-0.2, -0.15) is 0 Å². The fourth-order valence-corrected chi connectivity index (χ4v) is 1.48. The number of hydrogen-bond acceptors (Lipinski definition) is 2. The van der Waals surface area contributed by atoms with Crippen LogP contribution in [0.15, 0.2) is 12.7 Å². The second-order valence-corrected chi connectivity index (χ2v) is 4.03. The van der Waals surface area contributed by atoms with E-state index in [2.05, 4.69) is 32.7 Å². The SMILES string of the molecule is C=CCCCOC(C)CNC(CC)CC. The second-order valence-electron chi connectivity index (χ2n) is 4.03. The van der Waals surface area contributed by atoms with Gasteiger partial charge in [-0.05, 0) is 32.6 Å². The molecule has 0 amide bonds. The molecule has 1 atom stereocenters. The summed E-state index contributed by atoms with van der Waals surface area (Å²) in [6.45, 7) is 12.1. The third kappa shape index (κ3) is 8.64. The van der Waals surface area contributed by atoms with E-state index in [0.717, 1.165) is 26.0 Å². The van der Waals surface area contributed by atoms with E-state index in [1.54, 1.807) is 0 Å². The molecule has 0 aliphatic rings. The molecule has 0 aliphatic carbocycles. The minimum atomic E-state index is 0.315. The Morgan fingerprint density at radius 1 is 1.33 bits per heavy atom. The minimum Gasteiger partial charge on any atom is -0.377 e. The highest BCUT2D eigenvalue weighted by atomic mass is 16.5. The van der Waals surface area contributed by atoms with E-state index in [4.69, 9.17) is 4.74 Å². The van der Waals surface area contributed by atoms with Gasteiger partial charge < -0.3 is 10.1 Å². The average molecular weight is 213 g/mol. The van der Waals surface area contributed by atoms with Crippen molar-refractivity contribution >= 4 is 0 Å². The van der Waals surface area contributed by atoms with Gasteiger partial charge >= 0.3 is 0 Å². The van der Waals surface area contributed by atoms with Crippen molar-refractivity contribution < 1.29 is 4.74 Å². The monoisotopic (exact) mass is 213 g/mol. The predicted molar refractivity (Wildman–Crippen MR) is 67.2 cm³/mol. The highest BCUT2D eigenvalue weighted by Gasteiger charge is 2.05. The van der Waals surface area contributed by atoms with Crippen LogP contribution < -0.4 is 5.32 Å². The van der Waals surface area contributed by atoms with Gasteiger partial charge in [0.05, 0.1) is 6.10 Å². The van der Waals surface area contributed by atoms with Crippen LogP contribution in [-0.2, 0) is 4.74 Å². The summed E-state index contributed by atoms with van der Waals surface area (Å²) in [4.78, 5) is 0. The Kier molecular flexibility index (Phi) is 9.96. The molecular formula is C13H27NO. The molecule has 2 heteroatoms. The summed E-state index contributed by atoms with van der Waals surface area (Å²) >= 11 is 0. The lowest BCUT2D eigenvalue weighted by atomic mass is 10.1. The molecule has 0 fully saturated rings. The van der Waals surface area contributed by atoms with Gasteiger partial charge in [-0.3, -0.25) is 0 Å². The summed E-state index contributed by atoms with van der Waals surface area (Å²) in [6.07, 6.45) is 6.77. The van der Waals surface area contributed by atoms with Crippen LogP contribution in [0.25, 0.3) is 0 Å². The molecule has 90 valence electrons. The first-order valence-electron chi connectivity index (χ1n) is 6.20. The molecule has 0 saturated carbocycles. The highest BCUT2D eigenvalue weighted by molar-refractivity contribution is 4.67. The van der Waals surface area contributed by atoms with E-state index in [1.165, 1.54) is 12.8 Å². The van der Waals surface area contributed by atoms with E-state index in [-0.39, 0.29) is 0 Å². The average Bonchev–Trinajstić information content (AvgIpc) is 2.26. The number of unbranched alkanes of at least 4 members (excludes halogenated alkanes) is 1. The molecule has 0 bridgehead atoms. The Balaban J connectivity index is 3.39. The fourth-order valence-electron chi connectivity index (χ4n) is 1.48. The maximum Gasteiger partial charge on any atom is 0.0671 e. The van der Waals surface area contributed by atoms with Gasteiger partial charge in [-0.15, -0.1) is 6.58 Å². The second kappa shape index (κ2) is 10.2. The summed E-state index contributed by atoms with van der Waals surface area (Å²) in [5.41, 5.74) is 0. The van der Waals surface area contributed by atoms with Gasteiger partial charge in [0.25, 0.3) is 0 Å². The van der Waals surface area contributed by atoms with Crippen LogP contribution in [-0.4, -0.2) is 25.3 Å². The molecule has 0 radical (unpaired) electrons. The van der Waals surface area contributed by atoms with Crippen molar-refractivity contribution in [3.05, 3.63) is 12.7 Å². The van der Waals surface area contributed by atoms with E-state index in [1.807, 2.05) is 6.08 Å². The number of allylic oxidation sites excluding steroid dienone is 1. The van der Waals surface area contributed by atoms with Gasteiger partial charge in [-0.1, -0.05) is 19.9 Å². The molecule has 0 aromatic carbocycles. The number of nitrogens with one attached hydrogen (secondary N) is 1. The molecule has 2 nitrogen and oxygen atoms in total. The van der Waals surface area contributed by atoms with Crippen molar-refractivity contribution in [3.8, 4) is 0 Å². The van der Waals surface area contributed by atoms with Gasteiger partial charge in [0.1, 0.15) is 0 Å². The molecule has 0 aromatic rings. The topological polar surface area (TPSA) is 21.3 Å². The van der Waals surface area contributed by atoms with E-state index < -0.39 is 0 Å². The summed E-state index contributed by atoms with van der Waals surface area (Å²) < 4.78 is 5.67. The number of ether oxygens (including phenoxy) is 1. The molecule has 0 spiro atoms. The first-order valence-corrected chi connectivity index (χ1v) is 6.20. The van der Waals surface area contributed by atoms with Crippen molar-refractivity contribution in [2.75, 3.05) is 13.2 Å². The molecule has 0 rings (SSSR count). The van der Waals surface area contributed by atoms with Crippen LogP contribution in [0, 0.1) is 0 Å². The van der Waals surface area contributed by atoms with Crippen molar-refractivity contribution in [3.63, 3.8) is 0 Å². The van der Waals surface area contributed by atoms with Crippen molar-refractivity contribution in [2.24, 2.45) is 0 Å². The van der Waals surface area contributed by atoms with Crippen LogP contribution in [0.4, 0.5) is 0 Å². The van der Waals surface area contributed by atoms with E-state index in [9.17, 15) is 0 Å². The van der Waals surface area contributed by atoms with Crippen LogP contribution >= 0.6 is 0 Å². The van der Waals surface area contributed by atoms with Crippen molar-refractivity contribution in [1.29, 1.82) is 0 Å². The first kappa shape index (κ1) is 14.7. The molecule has 0 heterocycles. The Labute approximate surface area is 95.1 Å². The minimum absolute atomic E-state index is 0.315. The highest BCUT2D eigenvalue weighted by Crippen LogP contribution is 1.99. The Morgan fingerprint density at radius 2 is 2.00 bits per heavy atom. The zero-order valence-electron chi connectivity index (χ0n) is 10.6. The van der Waals surface area contributed by atoms with E-state index in [0.29, 0.717) is 12.1 Å². The van der Waals surface area contributed by atoms with Gasteiger partial charge in [-0.25, -0.2) is 0 Å². The smallest absolute Gasteiger partial charge is 0.0671 e.